The van der Waals surface area contributed by atoms with Gasteiger partial charge in [0.25, 0.3) is 5.56 Å². The Kier molecular flexibility index (Phi) is 6.53. The van der Waals surface area contributed by atoms with E-state index in [1.807, 2.05) is 30.5 Å². The van der Waals surface area contributed by atoms with Crippen molar-refractivity contribution in [1.29, 1.82) is 0 Å². The molecule has 1 aliphatic heterocycles. The van der Waals surface area contributed by atoms with Crippen LogP contribution in [0.15, 0.2) is 64.3 Å². The number of ether oxygens (including phenoxy) is 1. The molecule has 0 saturated carbocycles. The molecule has 11 heteroatoms. The van der Waals surface area contributed by atoms with Crippen molar-refractivity contribution in [2.75, 3.05) is 18.0 Å². The normalized spacial score (nSPS) is 14.9. The van der Waals surface area contributed by atoms with Crippen molar-refractivity contribution < 1.29 is 17.9 Å². The Morgan fingerprint density at radius 2 is 1.76 bits per heavy atom. The lowest BCUT2D eigenvalue weighted by Gasteiger charge is -2.33. The first kappa shape index (κ1) is 24.7. The van der Waals surface area contributed by atoms with Gasteiger partial charge >= 0.3 is 11.9 Å². The van der Waals surface area contributed by atoms with E-state index in [0.717, 1.165) is 27.1 Å². The summed E-state index contributed by atoms with van der Waals surface area (Å²) in [4.78, 5) is 30.6. The number of benzene rings is 2. The van der Waals surface area contributed by atoms with Crippen LogP contribution in [0.5, 0.6) is 5.75 Å². The second-order valence-corrected chi connectivity index (χ2v) is 9.10. The summed E-state index contributed by atoms with van der Waals surface area (Å²) in [6.45, 7) is 1.01. The number of alkyl halides is 3. The molecule has 8 nitrogen and oxygen atoms in total. The molecule has 1 N–H and O–H groups in total. The van der Waals surface area contributed by atoms with Crippen LogP contribution < -0.4 is 20.9 Å². The monoisotopic (exact) mass is 513 g/mol. The summed E-state index contributed by atoms with van der Waals surface area (Å²) in [5, 5.41) is 5.45. The fourth-order valence-corrected chi connectivity index (χ4v) is 4.69. The molecular formula is C26H26F3N5O3. The summed E-state index contributed by atoms with van der Waals surface area (Å²) in [6.07, 6.45) is -1.68. The average Bonchev–Trinajstić information content (AvgIpc) is 3.30. The van der Waals surface area contributed by atoms with Gasteiger partial charge in [0.2, 0.25) is 5.82 Å². The molecule has 0 spiro atoms. The molecule has 2 aromatic heterocycles. The van der Waals surface area contributed by atoms with Crippen molar-refractivity contribution in [1.82, 2.24) is 19.3 Å². The van der Waals surface area contributed by atoms with Crippen molar-refractivity contribution >= 4 is 16.7 Å². The number of aryl methyl sites for hydroxylation is 2. The number of piperidine rings is 1. The molecule has 0 unspecified atom stereocenters. The summed E-state index contributed by atoms with van der Waals surface area (Å²) < 4.78 is 47.9. The highest BCUT2D eigenvalue weighted by atomic mass is 19.4. The van der Waals surface area contributed by atoms with Crippen LogP contribution in [0.25, 0.3) is 10.9 Å². The number of nitrogens with one attached hydrogen (secondary N) is 1. The lowest BCUT2D eigenvalue weighted by Crippen LogP contribution is -2.47. The Morgan fingerprint density at radius 3 is 2.51 bits per heavy atom. The van der Waals surface area contributed by atoms with E-state index in [0.29, 0.717) is 32.4 Å². The number of fused-ring (bicyclic) bond motifs is 1. The average molecular weight is 514 g/mol. The van der Waals surface area contributed by atoms with Crippen LogP contribution in [0.3, 0.4) is 0 Å². The summed E-state index contributed by atoms with van der Waals surface area (Å²) >= 11 is 0. The van der Waals surface area contributed by atoms with Crippen LogP contribution >= 0.6 is 0 Å². The van der Waals surface area contributed by atoms with Crippen molar-refractivity contribution in [3.05, 3.63) is 86.7 Å². The van der Waals surface area contributed by atoms with E-state index < -0.39 is 29.1 Å². The Labute approximate surface area is 209 Å². The van der Waals surface area contributed by atoms with Gasteiger partial charge in [-0.3, -0.25) is 9.36 Å². The van der Waals surface area contributed by atoms with E-state index in [9.17, 15) is 22.8 Å². The van der Waals surface area contributed by atoms with E-state index in [-0.39, 0.29) is 18.1 Å². The number of anilines is 1. The molecule has 4 aromatic rings. The third-order valence-electron chi connectivity index (χ3n) is 6.71. The Morgan fingerprint density at radius 1 is 1.05 bits per heavy atom. The molecule has 0 aliphatic carbocycles. The predicted molar refractivity (Wildman–Crippen MR) is 133 cm³/mol. The second-order valence-electron chi connectivity index (χ2n) is 9.10. The number of para-hydroxylation sites is 2. The van der Waals surface area contributed by atoms with Gasteiger partial charge in [-0.1, -0.05) is 30.3 Å². The number of rotatable bonds is 6. The summed E-state index contributed by atoms with van der Waals surface area (Å²) in [7, 11) is 1.42. The smallest absolute Gasteiger partial charge is 0.419 e. The SMILES string of the molecule is Cn1c(=O)c(N2CCC(Oc3ccccc3C(F)(F)F)CC2)nn(CCc2c[nH]c3ccccc23)c1=O. The first-order chi connectivity index (χ1) is 17.7. The largest absolute Gasteiger partial charge is 0.490 e. The van der Waals surface area contributed by atoms with Gasteiger partial charge < -0.3 is 14.6 Å². The molecule has 2 aromatic carbocycles. The minimum atomic E-state index is -4.51. The van der Waals surface area contributed by atoms with Crippen molar-refractivity contribution in [2.45, 2.75) is 38.1 Å². The summed E-state index contributed by atoms with van der Waals surface area (Å²) in [5.74, 6) is -0.0523. The number of hydrogen-bond donors (Lipinski definition) is 1. The Bertz CT molecular complexity index is 1530. The van der Waals surface area contributed by atoms with Gasteiger partial charge in [-0.05, 0) is 30.2 Å². The molecule has 0 atom stereocenters. The second kappa shape index (κ2) is 9.79. The van der Waals surface area contributed by atoms with Crippen LogP contribution in [0.4, 0.5) is 19.0 Å². The Hall–Kier alpha value is -4.02. The minimum Gasteiger partial charge on any atom is -0.490 e. The van der Waals surface area contributed by atoms with Crippen LogP contribution in [0.2, 0.25) is 0 Å². The highest BCUT2D eigenvalue weighted by Crippen LogP contribution is 2.37. The third kappa shape index (κ3) is 4.98. The van der Waals surface area contributed by atoms with E-state index >= 15 is 0 Å². The zero-order valence-electron chi connectivity index (χ0n) is 20.2. The molecule has 0 bridgehead atoms. The first-order valence-corrected chi connectivity index (χ1v) is 12.0. The highest BCUT2D eigenvalue weighted by molar-refractivity contribution is 5.82. The van der Waals surface area contributed by atoms with E-state index in [1.54, 1.807) is 4.90 Å². The van der Waals surface area contributed by atoms with Crippen LogP contribution in [0.1, 0.15) is 24.0 Å². The van der Waals surface area contributed by atoms with Crippen molar-refractivity contribution in [3.63, 3.8) is 0 Å². The maximum atomic E-state index is 13.3. The summed E-state index contributed by atoms with van der Waals surface area (Å²) in [6, 6.07) is 13.0. The molecule has 0 amide bonds. The van der Waals surface area contributed by atoms with Gasteiger partial charge in [0.05, 0.1) is 12.1 Å². The molecule has 1 fully saturated rings. The number of aromatic nitrogens is 4. The lowest BCUT2D eigenvalue weighted by molar-refractivity contribution is -0.139. The van der Waals surface area contributed by atoms with Crippen LogP contribution in [-0.4, -0.2) is 38.5 Å². The first-order valence-electron chi connectivity index (χ1n) is 12.0. The van der Waals surface area contributed by atoms with Crippen molar-refractivity contribution in [2.24, 2.45) is 7.05 Å². The van der Waals surface area contributed by atoms with E-state index in [2.05, 4.69) is 10.1 Å². The molecular weight excluding hydrogens is 487 g/mol. The number of halogens is 3. The number of nitrogens with zero attached hydrogens (tertiary/aromatic N) is 4. The zero-order valence-corrected chi connectivity index (χ0v) is 20.2. The number of aromatic amines is 1. The summed E-state index contributed by atoms with van der Waals surface area (Å²) in [5.41, 5.74) is 0.222. The Balaban J connectivity index is 1.30. The fraction of sp³-hybridized carbons (Fsp3) is 0.346. The van der Waals surface area contributed by atoms with E-state index in [4.69, 9.17) is 4.74 Å². The zero-order chi connectivity index (χ0) is 26.2. The predicted octanol–water partition coefficient (Wildman–Crippen LogP) is 3.73. The molecule has 3 heterocycles. The van der Waals surface area contributed by atoms with Crippen LogP contribution in [-0.2, 0) is 26.2 Å². The fourth-order valence-electron chi connectivity index (χ4n) is 4.69. The van der Waals surface area contributed by atoms with Gasteiger partial charge in [-0.25, -0.2) is 9.48 Å². The highest BCUT2D eigenvalue weighted by Gasteiger charge is 2.35. The minimum absolute atomic E-state index is 0.148. The quantitative estimate of drug-likeness (QED) is 0.425. The molecule has 1 saturated heterocycles. The van der Waals surface area contributed by atoms with Gasteiger partial charge in [0, 0.05) is 50.1 Å². The number of hydrogen-bond acceptors (Lipinski definition) is 5. The third-order valence-corrected chi connectivity index (χ3v) is 6.71. The molecule has 37 heavy (non-hydrogen) atoms. The van der Waals surface area contributed by atoms with Gasteiger partial charge in [-0.2, -0.15) is 13.2 Å². The van der Waals surface area contributed by atoms with Crippen LogP contribution in [0, 0.1) is 0 Å². The number of H-pyrrole nitrogens is 1. The van der Waals surface area contributed by atoms with Crippen molar-refractivity contribution in [3.8, 4) is 5.75 Å². The lowest BCUT2D eigenvalue weighted by atomic mass is 10.1. The molecule has 0 radical (unpaired) electrons. The van der Waals surface area contributed by atoms with Gasteiger partial charge in [0.15, 0.2) is 0 Å². The molecule has 5 rings (SSSR count). The van der Waals surface area contributed by atoms with Gasteiger partial charge in [0.1, 0.15) is 11.9 Å². The van der Waals surface area contributed by atoms with Gasteiger partial charge in [-0.15, -0.1) is 5.10 Å². The van der Waals surface area contributed by atoms with E-state index in [1.165, 1.54) is 29.9 Å². The maximum absolute atomic E-state index is 13.3. The topological polar surface area (TPSA) is 85.2 Å². The molecule has 194 valence electrons. The standard InChI is InChI=1S/C26H26F3N5O3/c1-32-24(35)23(31-34(25(32)36)15-10-17-16-30-21-8-4-2-6-19(17)21)33-13-11-18(12-14-33)37-22-9-5-3-7-20(22)26(27,28)29/h2-9,16,18,30H,10-15H2,1H3. The molecule has 1 aliphatic rings. The maximum Gasteiger partial charge on any atom is 0.419 e.